The lowest BCUT2D eigenvalue weighted by Crippen LogP contribution is -2.44. The SMILES string of the molecule is CN=C(NCCOc1ccc(F)cc1F)NCC1CCN(S(C)(=O)=O)CC1.I. The first-order valence-corrected chi connectivity index (χ1v) is 10.6. The molecular weight excluding hydrogens is 505 g/mol. The van der Waals surface area contributed by atoms with Crippen LogP contribution in [0.4, 0.5) is 8.78 Å². The summed E-state index contributed by atoms with van der Waals surface area (Å²) in [7, 11) is -1.47. The van der Waals surface area contributed by atoms with Gasteiger partial charge in [0.15, 0.2) is 17.5 Å². The average Bonchev–Trinajstić information content (AvgIpc) is 2.62. The molecular formula is C17H27F2IN4O3S. The van der Waals surface area contributed by atoms with Crippen molar-refractivity contribution in [2.24, 2.45) is 10.9 Å². The second-order valence-corrected chi connectivity index (χ2v) is 8.39. The molecule has 7 nitrogen and oxygen atoms in total. The van der Waals surface area contributed by atoms with E-state index in [1.165, 1.54) is 16.6 Å². The van der Waals surface area contributed by atoms with Gasteiger partial charge in [0.1, 0.15) is 12.4 Å². The lowest BCUT2D eigenvalue weighted by Gasteiger charge is -2.30. The van der Waals surface area contributed by atoms with Crippen LogP contribution in [0.5, 0.6) is 5.75 Å². The molecule has 2 N–H and O–H groups in total. The van der Waals surface area contributed by atoms with Gasteiger partial charge in [-0.1, -0.05) is 0 Å². The summed E-state index contributed by atoms with van der Waals surface area (Å²) in [5.41, 5.74) is 0. The fourth-order valence-electron chi connectivity index (χ4n) is 2.83. The van der Waals surface area contributed by atoms with E-state index in [4.69, 9.17) is 4.74 Å². The summed E-state index contributed by atoms with van der Waals surface area (Å²) in [6, 6.07) is 3.17. The van der Waals surface area contributed by atoms with Gasteiger partial charge in [-0.25, -0.2) is 21.5 Å². The van der Waals surface area contributed by atoms with Gasteiger partial charge in [0, 0.05) is 32.7 Å². The zero-order valence-corrected chi connectivity index (χ0v) is 19.1. The number of halogens is 3. The third-order valence-electron chi connectivity index (χ3n) is 4.37. The molecule has 0 aliphatic carbocycles. The van der Waals surface area contributed by atoms with E-state index in [2.05, 4.69) is 15.6 Å². The van der Waals surface area contributed by atoms with Crippen molar-refractivity contribution in [3.05, 3.63) is 29.8 Å². The molecule has 1 aromatic carbocycles. The number of ether oxygens (including phenoxy) is 1. The van der Waals surface area contributed by atoms with Crippen molar-refractivity contribution in [1.29, 1.82) is 0 Å². The quantitative estimate of drug-likeness (QED) is 0.242. The van der Waals surface area contributed by atoms with Gasteiger partial charge in [-0.05, 0) is 30.9 Å². The molecule has 1 aliphatic heterocycles. The van der Waals surface area contributed by atoms with E-state index >= 15 is 0 Å². The summed E-state index contributed by atoms with van der Waals surface area (Å²) < 4.78 is 56.1. The normalized spacial score (nSPS) is 16.4. The molecule has 1 fully saturated rings. The maximum Gasteiger partial charge on any atom is 0.211 e. The number of benzene rings is 1. The summed E-state index contributed by atoms with van der Waals surface area (Å²) in [5, 5.41) is 6.26. The fourth-order valence-corrected chi connectivity index (χ4v) is 3.70. The average molecular weight is 532 g/mol. The van der Waals surface area contributed by atoms with Gasteiger partial charge in [-0.3, -0.25) is 4.99 Å². The summed E-state index contributed by atoms with van der Waals surface area (Å²) in [6.45, 7) is 2.34. The highest BCUT2D eigenvalue weighted by Gasteiger charge is 2.24. The van der Waals surface area contributed by atoms with Crippen molar-refractivity contribution >= 4 is 40.0 Å². The Morgan fingerprint density at radius 3 is 2.54 bits per heavy atom. The molecule has 1 aliphatic rings. The largest absolute Gasteiger partial charge is 0.489 e. The minimum absolute atomic E-state index is 0. The lowest BCUT2D eigenvalue weighted by atomic mass is 9.98. The molecule has 11 heteroatoms. The Kier molecular flexibility index (Phi) is 10.4. The third kappa shape index (κ3) is 8.03. The van der Waals surface area contributed by atoms with E-state index in [1.54, 1.807) is 7.05 Å². The van der Waals surface area contributed by atoms with Crippen molar-refractivity contribution < 1.29 is 21.9 Å². The number of hydrogen-bond donors (Lipinski definition) is 2. The highest BCUT2D eigenvalue weighted by Crippen LogP contribution is 2.18. The van der Waals surface area contributed by atoms with Gasteiger partial charge < -0.3 is 15.4 Å². The van der Waals surface area contributed by atoms with E-state index in [0.29, 0.717) is 38.1 Å². The Bertz CT molecular complexity index is 757. The van der Waals surface area contributed by atoms with Crippen LogP contribution >= 0.6 is 24.0 Å². The Morgan fingerprint density at radius 1 is 1.29 bits per heavy atom. The Labute approximate surface area is 182 Å². The third-order valence-corrected chi connectivity index (χ3v) is 5.67. The summed E-state index contributed by atoms with van der Waals surface area (Å²) in [6.07, 6.45) is 2.82. The van der Waals surface area contributed by atoms with Crippen LogP contribution < -0.4 is 15.4 Å². The number of hydrogen-bond acceptors (Lipinski definition) is 4. The van der Waals surface area contributed by atoms with E-state index in [1.807, 2.05) is 0 Å². The maximum atomic E-state index is 13.5. The van der Waals surface area contributed by atoms with Crippen LogP contribution in [0.1, 0.15) is 12.8 Å². The van der Waals surface area contributed by atoms with Crippen molar-refractivity contribution in [2.45, 2.75) is 12.8 Å². The van der Waals surface area contributed by atoms with Crippen LogP contribution in [0.2, 0.25) is 0 Å². The molecule has 1 aromatic rings. The Hall–Kier alpha value is -1.21. The molecule has 2 rings (SSSR count). The second-order valence-electron chi connectivity index (χ2n) is 6.41. The van der Waals surface area contributed by atoms with Crippen molar-refractivity contribution in [3.8, 4) is 5.75 Å². The second kappa shape index (κ2) is 11.7. The fraction of sp³-hybridized carbons (Fsp3) is 0.588. The molecule has 160 valence electrons. The number of piperidine rings is 1. The molecule has 0 unspecified atom stereocenters. The summed E-state index contributed by atoms with van der Waals surface area (Å²) in [5.74, 6) is -0.434. The Balaban J connectivity index is 0.00000392. The molecule has 0 bridgehead atoms. The first kappa shape index (κ1) is 24.8. The van der Waals surface area contributed by atoms with E-state index < -0.39 is 21.7 Å². The highest BCUT2D eigenvalue weighted by molar-refractivity contribution is 14.0. The first-order chi connectivity index (χ1) is 12.8. The van der Waals surface area contributed by atoms with Crippen LogP contribution in [-0.2, 0) is 10.0 Å². The Morgan fingerprint density at radius 2 is 1.96 bits per heavy atom. The van der Waals surface area contributed by atoms with Crippen LogP contribution in [0, 0.1) is 17.6 Å². The smallest absolute Gasteiger partial charge is 0.211 e. The monoisotopic (exact) mass is 532 g/mol. The predicted molar refractivity (Wildman–Crippen MR) is 116 cm³/mol. The maximum absolute atomic E-state index is 13.5. The van der Waals surface area contributed by atoms with Gasteiger partial charge >= 0.3 is 0 Å². The number of aliphatic imine (C=N–C) groups is 1. The summed E-state index contributed by atoms with van der Waals surface area (Å²) >= 11 is 0. The molecule has 0 spiro atoms. The number of guanidine groups is 1. The van der Waals surface area contributed by atoms with Crippen LogP contribution in [0.3, 0.4) is 0 Å². The van der Waals surface area contributed by atoms with Crippen molar-refractivity contribution in [1.82, 2.24) is 14.9 Å². The lowest BCUT2D eigenvalue weighted by molar-refractivity contribution is 0.274. The molecule has 0 radical (unpaired) electrons. The minimum Gasteiger partial charge on any atom is -0.489 e. The topological polar surface area (TPSA) is 83.0 Å². The van der Waals surface area contributed by atoms with E-state index in [9.17, 15) is 17.2 Å². The number of rotatable bonds is 7. The molecule has 0 saturated carbocycles. The van der Waals surface area contributed by atoms with Crippen LogP contribution in [0.25, 0.3) is 0 Å². The number of sulfonamides is 1. The first-order valence-electron chi connectivity index (χ1n) is 8.77. The van der Waals surface area contributed by atoms with Gasteiger partial charge in [0.05, 0.1) is 12.8 Å². The zero-order valence-electron chi connectivity index (χ0n) is 16.0. The molecule has 1 heterocycles. The van der Waals surface area contributed by atoms with Gasteiger partial charge in [-0.15, -0.1) is 24.0 Å². The van der Waals surface area contributed by atoms with Crippen molar-refractivity contribution in [2.75, 3.05) is 46.1 Å². The number of nitrogens with zero attached hydrogens (tertiary/aromatic N) is 2. The van der Waals surface area contributed by atoms with E-state index in [-0.39, 0.29) is 36.3 Å². The highest BCUT2D eigenvalue weighted by atomic mass is 127. The molecule has 0 atom stereocenters. The van der Waals surface area contributed by atoms with Gasteiger partial charge in [0.2, 0.25) is 10.0 Å². The van der Waals surface area contributed by atoms with Gasteiger partial charge in [-0.2, -0.15) is 0 Å². The van der Waals surface area contributed by atoms with E-state index in [0.717, 1.165) is 25.0 Å². The van der Waals surface area contributed by atoms with Crippen molar-refractivity contribution in [3.63, 3.8) is 0 Å². The number of nitrogens with one attached hydrogen (secondary N) is 2. The summed E-state index contributed by atoms with van der Waals surface area (Å²) in [4.78, 5) is 4.11. The predicted octanol–water partition coefficient (Wildman–Crippen LogP) is 1.80. The molecule has 0 amide bonds. The van der Waals surface area contributed by atoms with Crippen LogP contribution in [0.15, 0.2) is 23.2 Å². The van der Waals surface area contributed by atoms with Crippen LogP contribution in [-0.4, -0.2) is 64.8 Å². The molecule has 0 aromatic heterocycles. The van der Waals surface area contributed by atoms with Gasteiger partial charge in [0.25, 0.3) is 0 Å². The zero-order chi connectivity index (χ0) is 19.9. The minimum atomic E-state index is -3.11. The molecule has 28 heavy (non-hydrogen) atoms. The standard InChI is InChI=1S/C17H26F2N4O3S.HI/c1-20-17(21-7-10-26-16-4-3-14(18)11-15(16)19)22-12-13-5-8-23(9-6-13)27(2,24)25;/h3-4,11,13H,5-10,12H2,1-2H3,(H2,20,21,22);1H. The molecule has 1 saturated heterocycles.